The monoisotopic (exact) mass is 472 g/mol. The number of aromatic nitrogens is 2. The van der Waals surface area contributed by atoms with Crippen molar-refractivity contribution < 1.29 is 22.8 Å². The molecule has 3 rings (SSSR count). The SMILES string of the molecule is Cc1cc(Oc2ncnc(Nc3ccc(Cl)c(C(F)(F)F)c3)c2[N+](=O)[O-])cc(C)c1Cl. The molecule has 7 nitrogen and oxygen atoms in total. The number of ether oxygens (including phenoxy) is 1. The van der Waals surface area contributed by atoms with Crippen molar-refractivity contribution in [2.45, 2.75) is 20.0 Å². The first-order chi connectivity index (χ1) is 14.5. The molecule has 1 aromatic heterocycles. The number of rotatable bonds is 5. The lowest BCUT2D eigenvalue weighted by atomic mass is 10.1. The van der Waals surface area contributed by atoms with Gasteiger partial charge in [0, 0.05) is 10.7 Å². The highest BCUT2D eigenvalue weighted by Crippen LogP contribution is 2.39. The summed E-state index contributed by atoms with van der Waals surface area (Å²) in [7, 11) is 0. The van der Waals surface area contributed by atoms with Gasteiger partial charge < -0.3 is 10.1 Å². The molecule has 0 spiro atoms. The lowest BCUT2D eigenvalue weighted by molar-refractivity contribution is -0.385. The number of hydrogen-bond acceptors (Lipinski definition) is 6. The average Bonchev–Trinajstić information content (AvgIpc) is 2.66. The Morgan fingerprint density at radius 1 is 1.10 bits per heavy atom. The van der Waals surface area contributed by atoms with E-state index in [1.807, 2.05) is 0 Å². The van der Waals surface area contributed by atoms with Crippen LogP contribution < -0.4 is 10.1 Å². The van der Waals surface area contributed by atoms with E-state index in [-0.39, 0.29) is 17.3 Å². The summed E-state index contributed by atoms with van der Waals surface area (Å²) >= 11 is 11.7. The van der Waals surface area contributed by atoms with Crippen molar-refractivity contribution in [1.82, 2.24) is 9.97 Å². The topological polar surface area (TPSA) is 90.2 Å². The number of hydrogen-bond donors (Lipinski definition) is 1. The summed E-state index contributed by atoms with van der Waals surface area (Å²) in [5.41, 5.74) is -0.487. The highest BCUT2D eigenvalue weighted by Gasteiger charge is 2.34. The van der Waals surface area contributed by atoms with Gasteiger partial charge in [-0.25, -0.2) is 4.98 Å². The summed E-state index contributed by atoms with van der Waals surface area (Å²) < 4.78 is 44.9. The van der Waals surface area contributed by atoms with Crippen LogP contribution in [0.15, 0.2) is 36.7 Å². The summed E-state index contributed by atoms with van der Waals surface area (Å²) in [4.78, 5) is 18.5. The zero-order chi connectivity index (χ0) is 22.9. The molecule has 0 amide bonds. The first kappa shape index (κ1) is 22.6. The van der Waals surface area contributed by atoms with Crippen molar-refractivity contribution in [2.75, 3.05) is 5.32 Å². The first-order valence-corrected chi connectivity index (χ1v) is 9.30. The minimum absolute atomic E-state index is 0.109. The van der Waals surface area contributed by atoms with Crippen LogP contribution in [0.1, 0.15) is 16.7 Å². The molecule has 0 unspecified atom stereocenters. The van der Waals surface area contributed by atoms with Crippen LogP contribution in [0.5, 0.6) is 11.6 Å². The summed E-state index contributed by atoms with van der Waals surface area (Å²) in [5.74, 6) is -0.500. The maximum absolute atomic E-state index is 13.1. The molecule has 0 aliphatic rings. The van der Waals surface area contributed by atoms with E-state index in [4.69, 9.17) is 27.9 Å². The minimum atomic E-state index is -4.70. The molecule has 0 aliphatic heterocycles. The molecular weight excluding hydrogens is 460 g/mol. The molecule has 0 saturated heterocycles. The van der Waals surface area contributed by atoms with Gasteiger partial charge >= 0.3 is 17.7 Å². The Hall–Kier alpha value is -3.11. The largest absolute Gasteiger partial charge is 0.434 e. The van der Waals surface area contributed by atoms with Crippen LogP contribution >= 0.6 is 23.2 Å². The normalized spacial score (nSPS) is 11.3. The van der Waals surface area contributed by atoms with Gasteiger partial charge in [-0.05, 0) is 55.3 Å². The average molecular weight is 473 g/mol. The van der Waals surface area contributed by atoms with Crippen molar-refractivity contribution in [3.8, 4) is 11.6 Å². The number of benzene rings is 2. The number of nitrogens with one attached hydrogen (secondary N) is 1. The Balaban J connectivity index is 2.01. The van der Waals surface area contributed by atoms with Crippen LogP contribution in [-0.2, 0) is 6.18 Å². The summed E-state index contributed by atoms with van der Waals surface area (Å²) in [5, 5.41) is 14.2. The lowest BCUT2D eigenvalue weighted by Gasteiger charge is -2.13. The number of halogens is 5. The van der Waals surface area contributed by atoms with Crippen LogP contribution in [0.3, 0.4) is 0 Å². The molecule has 3 aromatic rings. The van der Waals surface area contributed by atoms with Crippen LogP contribution in [0.2, 0.25) is 10.0 Å². The van der Waals surface area contributed by atoms with Gasteiger partial charge in [-0.3, -0.25) is 10.1 Å². The lowest BCUT2D eigenvalue weighted by Crippen LogP contribution is -2.07. The minimum Gasteiger partial charge on any atom is -0.434 e. The van der Waals surface area contributed by atoms with E-state index in [1.165, 1.54) is 6.07 Å². The van der Waals surface area contributed by atoms with Crippen LogP contribution in [0.4, 0.5) is 30.4 Å². The molecule has 162 valence electrons. The zero-order valence-corrected chi connectivity index (χ0v) is 17.4. The van der Waals surface area contributed by atoms with Crippen molar-refractivity contribution in [3.05, 3.63) is 73.5 Å². The maximum atomic E-state index is 13.1. The summed E-state index contributed by atoms with van der Waals surface area (Å²) in [6.45, 7) is 3.48. The summed E-state index contributed by atoms with van der Waals surface area (Å²) in [6.07, 6.45) is -3.72. The molecule has 0 atom stereocenters. The quantitative estimate of drug-likeness (QED) is 0.322. The molecule has 0 bridgehead atoms. The van der Waals surface area contributed by atoms with Crippen LogP contribution in [-0.4, -0.2) is 14.9 Å². The fraction of sp³-hybridized carbons (Fsp3) is 0.158. The van der Waals surface area contributed by atoms with Gasteiger partial charge in [0.15, 0.2) is 0 Å². The van der Waals surface area contributed by atoms with Gasteiger partial charge in [-0.15, -0.1) is 0 Å². The standard InChI is InChI=1S/C19H13Cl2F3N4O3/c1-9-5-12(6-10(2)15(9)21)31-18-16(28(29)30)17(25-8-26-18)27-11-3-4-14(20)13(7-11)19(22,23)24/h3-8H,1-2H3,(H,25,26,27). The van der Waals surface area contributed by atoms with Gasteiger partial charge in [0.2, 0.25) is 5.82 Å². The van der Waals surface area contributed by atoms with Crippen molar-refractivity contribution in [2.24, 2.45) is 0 Å². The molecule has 0 saturated carbocycles. The predicted octanol–water partition coefficient (Wildman–Crippen LogP) is 6.86. The highest BCUT2D eigenvalue weighted by molar-refractivity contribution is 6.32. The second kappa shape index (κ2) is 8.56. The smallest absolute Gasteiger partial charge is 0.417 e. The highest BCUT2D eigenvalue weighted by atomic mass is 35.5. The van der Waals surface area contributed by atoms with Gasteiger partial charge in [-0.1, -0.05) is 23.2 Å². The van der Waals surface area contributed by atoms with Crippen LogP contribution in [0, 0.1) is 24.0 Å². The third-order valence-corrected chi connectivity index (χ3v) is 5.06. The Labute approximate surface area is 183 Å². The van der Waals surface area contributed by atoms with Gasteiger partial charge in [0.05, 0.1) is 15.5 Å². The molecule has 0 aliphatic carbocycles. The maximum Gasteiger partial charge on any atom is 0.417 e. The molecule has 31 heavy (non-hydrogen) atoms. The van der Waals surface area contributed by atoms with Crippen molar-refractivity contribution in [3.63, 3.8) is 0 Å². The Bertz CT molecular complexity index is 1150. The van der Waals surface area contributed by atoms with E-state index in [1.54, 1.807) is 26.0 Å². The molecular formula is C19H13Cl2F3N4O3. The fourth-order valence-electron chi connectivity index (χ4n) is 2.73. The Kier molecular flexibility index (Phi) is 6.23. The Morgan fingerprint density at radius 2 is 1.74 bits per heavy atom. The van der Waals surface area contributed by atoms with Crippen molar-refractivity contribution in [1.29, 1.82) is 0 Å². The fourth-order valence-corrected chi connectivity index (χ4v) is 3.06. The second-order valence-electron chi connectivity index (χ2n) is 6.42. The van der Waals surface area contributed by atoms with Gasteiger partial charge in [-0.2, -0.15) is 18.2 Å². The third kappa shape index (κ3) is 4.97. The number of alkyl halides is 3. The van der Waals surface area contributed by atoms with Gasteiger partial charge in [0.1, 0.15) is 12.1 Å². The molecule has 1 N–H and O–H groups in total. The first-order valence-electron chi connectivity index (χ1n) is 8.55. The molecule has 12 heteroatoms. The van der Waals surface area contributed by atoms with E-state index in [9.17, 15) is 23.3 Å². The third-order valence-electron chi connectivity index (χ3n) is 4.13. The molecule has 1 heterocycles. The summed E-state index contributed by atoms with van der Waals surface area (Å²) in [6, 6.07) is 6.12. The molecule has 0 fully saturated rings. The van der Waals surface area contributed by atoms with E-state index in [2.05, 4.69) is 15.3 Å². The number of anilines is 2. The van der Waals surface area contributed by atoms with E-state index in [0.717, 1.165) is 18.5 Å². The molecule has 0 radical (unpaired) electrons. The predicted molar refractivity (Wildman–Crippen MR) is 109 cm³/mol. The molecule has 2 aromatic carbocycles. The van der Waals surface area contributed by atoms with E-state index < -0.39 is 33.3 Å². The second-order valence-corrected chi connectivity index (χ2v) is 7.21. The number of nitro groups is 1. The van der Waals surface area contributed by atoms with E-state index in [0.29, 0.717) is 16.1 Å². The van der Waals surface area contributed by atoms with Gasteiger partial charge in [0.25, 0.3) is 0 Å². The zero-order valence-electron chi connectivity index (χ0n) is 15.9. The number of nitrogens with zero attached hydrogens (tertiary/aromatic N) is 3. The van der Waals surface area contributed by atoms with Crippen LogP contribution in [0.25, 0.3) is 0 Å². The number of aryl methyl sites for hydroxylation is 2. The van der Waals surface area contributed by atoms with Crippen molar-refractivity contribution >= 4 is 40.4 Å². The van der Waals surface area contributed by atoms with E-state index >= 15 is 0 Å². The Morgan fingerprint density at radius 3 is 2.32 bits per heavy atom.